The van der Waals surface area contributed by atoms with Crippen LogP contribution in [0.5, 0.6) is 0 Å². The molecule has 7 heteroatoms. The normalized spacial score (nSPS) is 40.9. The number of nitrogens with one attached hydrogen (secondary N) is 1. The lowest BCUT2D eigenvalue weighted by Gasteiger charge is -2.35. The van der Waals surface area contributed by atoms with Gasteiger partial charge in [0.1, 0.15) is 0 Å². The van der Waals surface area contributed by atoms with E-state index in [4.69, 9.17) is 0 Å². The molecule has 0 bridgehead atoms. The molecule has 1 saturated heterocycles. The largest absolute Gasteiger partial charge is 0.391 e. The first kappa shape index (κ1) is 14.1. The van der Waals surface area contributed by atoms with Crippen LogP contribution in [-0.2, 0) is 9.84 Å². The van der Waals surface area contributed by atoms with Crippen molar-refractivity contribution in [3.8, 4) is 0 Å². The van der Waals surface area contributed by atoms with E-state index in [-0.39, 0.29) is 30.6 Å². The maximum Gasteiger partial charge on any atom is 0.391 e. The third kappa shape index (κ3) is 2.82. The van der Waals surface area contributed by atoms with Crippen LogP contribution in [0.1, 0.15) is 26.2 Å². The molecule has 18 heavy (non-hydrogen) atoms. The Hall–Kier alpha value is -0.300. The SMILES string of the molecule is CC1CNC2CCC(C(F)(F)F)CC2S(=O)(=O)C1. The number of alkyl halides is 3. The van der Waals surface area contributed by atoms with Gasteiger partial charge in [0, 0.05) is 6.04 Å². The van der Waals surface area contributed by atoms with E-state index < -0.39 is 27.2 Å². The highest BCUT2D eigenvalue weighted by molar-refractivity contribution is 7.92. The van der Waals surface area contributed by atoms with Crippen molar-refractivity contribution in [2.75, 3.05) is 12.3 Å². The highest BCUT2D eigenvalue weighted by atomic mass is 32.2. The lowest BCUT2D eigenvalue weighted by atomic mass is 9.85. The van der Waals surface area contributed by atoms with Crippen molar-refractivity contribution >= 4 is 9.84 Å². The molecule has 4 unspecified atom stereocenters. The van der Waals surface area contributed by atoms with Crippen molar-refractivity contribution < 1.29 is 21.6 Å². The van der Waals surface area contributed by atoms with Gasteiger partial charge >= 0.3 is 6.18 Å². The molecule has 0 radical (unpaired) electrons. The molecule has 0 aromatic rings. The van der Waals surface area contributed by atoms with Crippen LogP contribution in [0.25, 0.3) is 0 Å². The molecule has 0 aromatic carbocycles. The molecule has 1 saturated carbocycles. The monoisotopic (exact) mass is 285 g/mol. The third-order valence-electron chi connectivity index (χ3n) is 3.96. The summed E-state index contributed by atoms with van der Waals surface area (Å²) < 4.78 is 62.4. The Morgan fingerprint density at radius 2 is 1.89 bits per heavy atom. The molecule has 0 spiro atoms. The maximum absolute atomic E-state index is 12.7. The Kier molecular flexibility index (Phi) is 3.66. The van der Waals surface area contributed by atoms with Crippen LogP contribution in [0.2, 0.25) is 0 Å². The van der Waals surface area contributed by atoms with Gasteiger partial charge in [0.25, 0.3) is 0 Å². The molecule has 1 N–H and O–H groups in total. The highest BCUT2D eigenvalue weighted by Crippen LogP contribution is 2.40. The summed E-state index contributed by atoms with van der Waals surface area (Å²) in [6, 6.07) is -0.307. The average Bonchev–Trinajstić information content (AvgIpc) is 2.34. The van der Waals surface area contributed by atoms with Gasteiger partial charge in [-0.1, -0.05) is 6.92 Å². The number of fused-ring (bicyclic) bond motifs is 1. The second kappa shape index (κ2) is 4.67. The zero-order chi connectivity index (χ0) is 13.6. The lowest BCUT2D eigenvalue weighted by molar-refractivity contribution is -0.182. The van der Waals surface area contributed by atoms with E-state index in [0.717, 1.165) is 0 Å². The first-order chi connectivity index (χ1) is 8.20. The van der Waals surface area contributed by atoms with Crippen LogP contribution >= 0.6 is 0 Å². The van der Waals surface area contributed by atoms with Gasteiger partial charge in [-0.25, -0.2) is 8.42 Å². The Bertz CT molecular complexity index is 407. The fourth-order valence-electron chi connectivity index (χ4n) is 2.99. The van der Waals surface area contributed by atoms with Crippen molar-refractivity contribution in [2.24, 2.45) is 11.8 Å². The zero-order valence-corrected chi connectivity index (χ0v) is 11.0. The zero-order valence-electron chi connectivity index (χ0n) is 10.2. The van der Waals surface area contributed by atoms with E-state index in [0.29, 0.717) is 13.0 Å². The smallest absolute Gasteiger partial charge is 0.312 e. The summed E-state index contributed by atoms with van der Waals surface area (Å²) in [7, 11) is -3.42. The Labute approximate surface area is 105 Å². The van der Waals surface area contributed by atoms with Crippen LogP contribution in [0.3, 0.4) is 0 Å². The third-order valence-corrected chi connectivity index (χ3v) is 6.44. The first-order valence-corrected chi connectivity index (χ1v) is 7.93. The molecular formula is C11H18F3NO2S. The van der Waals surface area contributed by atoms with E-state index in [9.17, 15) is 21.6 Å². The van der Waals surface area contributed by atoms with E-state index in [1.807, 2.05) is 6.92 Å². The molecule has 2 aliphatic rings. The summed E-state index contributed by atoms with van der Waals surface area (Å²) >= 11 is 0. The topological polar surface area (TPSA) is 46.2 Å². The van der Waals surface area contributed by atoms with Gasteiger partial charge < -0.3 is 5.32 Å². The maximum atomic E-state index is 12.7. The molecule has 2 fully saturated rings. The minimum absolute atomic E-state index is 0.00819. The number of halogens is 3. The second-order valence-electron chi connectivity index (χ2n) is 5.54. The molecule has 2 rings (SSSR count). The molecule has 1 heterocycles. The fraction of sp³-hybridized carbons (Fsp3) is 1.00. The summed E-state index contributed by atoms with van der Waals surface area (Å²) in [4.78, 5) is 0. The summed E-state index contributed by atoms with van der Waals surface area (Å²) in [5.41, 5.74) is 0. The predicted octanol–water partition coefficient (Wildman–Crippen LogP) is 1.74. The quantitative estimate of drug-likeness (QED) is 0.737. The number of hydrogen-bond acceptors (Lipinski definition) is 3. The van der Waals surface area contributed by atoms with Gasteiger partial charge in [0.15, 0.2) is 9.84 Å². The van der Waals surface area contributed by atoms with Crippen LogP contribution in [-0.4, -0.2) is 38.2 Å². The summed E-state index contributed by atoms with van der Waals surface area (Å²) in [5.74, 6) is -1.51. The van der Waals surface area contributed by atoms with Crippen LogP contribution < -0.4 is 5.32 Å². The van der Waals surface area contributed by atoms with Gasteiger partial charge in [-0.15, -0.1) is 0 Å². The van der Waals surface area contributed by atoms with Gasteiger partial charge in [-0.3, -0.25) is 0 Å². The molecule has 1 aliphatic carbocycles. The first-order valence-electron chi connectivity index (χ1n) is 6.22. The van der Waals surface area contributed by atoms with E-state index >= 15 is 0 Å². The van der Waals surface area contributed by atoms with Crippen molar-refractivity contribution in [1.82, 2.24) is 5.32 Å². The molecule has 106 valence electrons. The standard InChI is InChI=1S/C11H18F3NO2S/c1-7-5-15-9-3-2-8(11(12,13)14)4-10(9)18(16,17)6-7/h7-10,15H,2-6H2,1H3. The van der Waals surface area contributed by atoms with Crippen molar-refractivity contribution in [3.05, 3.63) is 0 Å². The number of hydrogen-bond donors (Lipinski definition) is 1. The van der Waals surface area contributed by atoms with Gasteiger partial charge in [-0.2, -0.15) is 13.2 Å². The second-order valence-corrected chi connectivity index (χ2v) is 7.80. The van der Waals surface area contributed by atoms with Crippen LogP contribution in [0.15, 0.2) is 0 Å². The van der Waals surface area contributed by atoms with Crippen molar-refractivity contribution in [3.63, 3.8) is 0 Å². The fourth-order valence-corrected chi connectivity index (χ4v) is 5.41. The van der Waals surface area contributed by atoms with Gasteiger partial charge in [0.05, 0.1) is 16.9 Å². The molecule has 1 aliphatic heterocycles. The van der Waals surface area contributed by atoms with E-state index in [1.54, 1.807) is 0 Å². The molecule has 4 atom stereocenters. The summed E-state index contributed by atoms with van der Waals surface area (Å²) in [6.45, 7) is 2.38. The Balaban J connectivity index is 2.22. The minimum atomic E-state index is -4.28. The average molecular weight is 285 g/mol. The number of rotatable bonds is 0. The highest BCUT2D eigenvalue weighted by Gasteiger charge is 2.49. The predicted molar refractivity (Wildman–Crippen MR) is 61.9 cm³/mol. The van der Waals surface area contributed by atoms with Gasteiger partial charge in [0.2, 0.25) is 0 Å². The number of sulfone groups is 1. The van der Waals surface area contributed by atoms with Crippen LogP contribution in [0.4, 0.5) is 13.2 Å². The Morgan fingerprint density at radius 3 is 2.50 bits per heavy atom. The Morgan fingerprint density at radius 1 is 1.22 bits per heavy atom. The van der Waals surface area contributed by atoms with Gasteiger partial charge in [-0.05, 0) is 31.7 Å². The summed E-state index contributed by atoms with van der Waals surface area (Å²) in [6.07, 6.45) is -4.24. The lowest BCUT2D eigenvalue weighted by Crippen LogP contribution is -2.48. The minimum Gasteiger partial charge on any atom is -0.312 e. The van der Waals surface area contributed by atoms with E-state index in [2.05, 4.69) is 5.32 Å². The molecular weight excluding hydrogens is 267 g/mol. The van der Waals surface area contributed by atoms with Crippen molar-refractivity contribution in [2.45, 2.75) is 43.7 Å². The van der Waals surface area contributed by atoms with E-state index in [1.165, 1.54) is 0 Å². The molecule has 0 amide bonds. The summed E-state index contributed by atoms with van der Waals surface area (Å²) in [5, 5.41) is 2.24. The van der Waals surface area contributed by atoms with Crippen molar-refractivity contribution in [1.29, 1.82) is 0 Å². The molecule has 3 nitrogen and oxygen atoms in total. The molecule has 0 aromatic heterocycles. The van der Waals surface area contributed by atoms with Crippen LogP contribution in [0, 0.1) is 11.8 Å².